The summed E-state index contributed by atoms with van der Waals surface area (Å²) in [4.78, 5) is 14.5. The molecule has 1 saturated heterocycles. The SMILES string of the molecule is O=C(C1COc2ccccc21)N1CCCNCC1. The molecule has 1 fully saturated rings. The lowest BCUT2D eigenvalue weighted by atomic mass is 10.00. The van der Waals surface area contributed by atoms with Gasteiger partial charge in [-0.05, 0) is 19.0 Å². The number of amides is 1. The summed E-state index contributed by atoms with van der Waals surface area (Å²) in [7, 11) is 0. The summed E-state index contributed by atoms with van der Waals surface area (Å²) < 4.78 is 5.59. The minimum atomic E-state index is -0.112. The molecular weight excluding hydrogens is 228 g/mol. The predicted octanol–water partition coefficient (Wildman–Crippen LogP) is 0.984. The number of nitrogens with zero attached hydrogens (tertiary/aromatic N) is 1. The fourth-order valence-corrected chi connectivity index (χ4v) is 2.65. The van der Waals surface area contributed by atoms with Crippen molar-refractivity contribution < 1.29 is 9.53 Å². The Morgan fingerprint density at radius 1 is 1.28 bits per heavy atom. The minimum Gasteiger partial charge on any atom is -0.492 e. The number of carbonyl (C=O) groups is 1. The van der Waals surface area contributed by atoms with E-state index in [-0.39, 0.29) is 11.8 Å². The highest BCUT2D eigenvalue weighted by atomic mass is 16.5. The van der Waals surface area contributed by atoms with Gasteiger partial charge in [0.15, 0.2) is 0 Å². The van der Waals surface area contributed by atoms with E-state index in [2.05, 4.69) is 5.32 Å². The van der Waals surface area contributed by atoms with E-state index >= 15 is 0 Å². The van der Waals surface area contributed by atoms with Crippen molar-refractivity contribution in [2.45, 2.75) is 12.3 Å². The first-order valence-corrected chi connectivity index (χ1v) is 6.57. The molecule has 1 aromatic carbocycles. The molecule has 2 aliphatic heterocycles. The van der Waals surface area contributed by atoms with E-state index in [9.17, 15) is 4.79 Å². The van der Waals surface area contributed by atoms with Crippen molar-refractivity contribution in [1.82, 2.24) is 10.2 Å². The lowest BCUT2D eigenvalue weighted by Crippen LogP contribution is -2.38. The first-order valence-electron chi connectivity index (χ1n) is 6.57. The van der Waals surface area contributed by atoms with Crippen LogP contribution in [0.5, 0.6) is 5.75 Å². The normalized spacial score (nSPS) is 23.1. The van der Waals surface area contributed by atoms with Crippen LogP contribution in [-0.2, 0) is 4.79 Å². The number of hydrogen-bond acceptors (Lipinski definition) is 3. The van der Waals surface area contributed by atoms with Crippen molar-refractivity contribution in [3.8, 4) is 5.75 Å². The second kappa shape index (κ2) is 4.98. The smallest absolute Gasteiger partial charge is 0.233 e. The van der Waals surface area contributed by atoms with Crippen molar-refractivity contribution in [1.29, 1.82) is 0 Å². The molecule has 1 unspecified atom stereocenters. The number of carbonyl (C=O) groups excluding carboxylic acids is 1. The number of fused-ring (bicyclic) bond motifs is 1. The van der Waals surface area contributed by atoms with Crippen molar-refractivity contribution in [3.63, 3.8) is 0 Å². The fraction of sp³-hybridized carbons (Fsp3) is 0.500. The lowest BCUT2D eigenvalue weighted by molar-refractivity contribution is -0.132. The molecule has 0 aromatic heterocycles. The molecule has 0 saturated carbocycles. The molecule has 2 heterocycles. The van der Waals surface area contributed by atoms with Gasteiger partial charge in [-0.15, -0.1) is 0 Å². The topological polar surface area (TPSA) is 41.6 Å². The average Bonchev–Trinajstić information content (AvgIpc) is 2.65. The number of para-hydroxylation sites is 1. The first kappa shape index (κ1) is 11.5. The highest BCUT2D eigenvalue weighted by Crippen LogP contribution is 2.34. The van der Waals surface area contributed by atoms with E-state index in [1.54, 1.807) is 0 Å². The summed E-state index contributed by atoms with van der Waals surface area (Å²) >= 11 is 0. The van der Waals surface area contributed by atoms with Crippen LogP contribution in [-0.4, -0.2) is 43.6 Å². The number of nitrogens with one attached hydrogen (secondary N) is 1. The van der Waals surface area contributed by atoms with Crippen molar-refractivity contribution in [2.75, 3.05) is 32.8 Å². The van der Waals surface area contributed by atoms with E-state index < -0.39 is 0 Å². The molecule has 1 amide bonds. The quantitative estimate of drug-likeness (QED) is 0.803. The van der Waals surface area contributed by atoms with Gasteiger partial charge in [0.25, 0.3) is 0 Å². The Balaban J connectivity index is 1.77. The molecule has 18 heavy (non-hydrogen) atoms. The van der Waals surface area contributed by atoms with Crippen LogP contribution in [0.15, 0.2) is 24.3 Å². The van der Waals surface area contributed by atoms with Gasteiger partial charge in [-0.1, -0.05) is 18.2 Å². The molecule has 0 aliphatic carbocycles. The fourth-order valence-electron chi connectivity index (χ4n) is 2.65. The van der Waals surface area contributed by atoms with Gasteiger partial charge in [-0.2, -0.15) is 0 Å². The summed E-state index contributed by atoms with van der Waals surface area (Å²) in [6.07, 6.45) is 1.03. The maximum absolute atomic E-state index is 12.5. The zero-order valence-electron chi connectivity index (χ0n) is 10.4. The molecule has 4 nitrogen and oxygen atoms in total. The Hall–Kier alpha value is -1.55. The lowest BCUT2D eigenvalue weighted by Gasteiger charge is -2.23. The van der Waals surface area contributed by atoms with Crippen molar-refractivity contribution in [2.24, 2.45) is 0 Å². The molecule has 0 bridgehead atoms. The Labute approximate surface area is 107 Å². The molecule has 0 spiro atoms. The monoisotopic (exact) mass is 246 g/mol. The Bertz CT molecular complexity index is 439. The van der Waals surface area contributed by atoms with Crippen LogP contribution < -0.4 is 10.1 Å². The van der Waals surface area contributed by atoms with Crippen LogP contribution in [0, 0.1) is 0 Å². The van der Waals surface area contributed by atoms with Gasteiger partial charge in [0, 0.05) is 25.2 Å². The molecule has 0 radical (unpaired) electrons. The number of rotatable bonds is 1. The van der Waals surface area contributed by atoms with Crippen LogP contribution in [0.2, 0.25) is 0 Å². The first-order chi connectivity index (χ1) is 8.86. The van der Waals surface area contributed by atoms with Crippen LogP contribution >= 0.6 is 0 Å². The van der Waals surface area contributed by atoms with Gasteiger partial charge in [0.1, 0.15) is 18.3 Å². The Morgan fingerprint density at radius 3 is 3.11 bits per heavy atom. The van der Waals surface area contributed by atoms with E-state index in [1.807, 2.05) is 29.2 Å². The maximum atomic E-state index is 12.5. The van der Waals surface area contributed by atoms with Crippen molar-refractivity contribution >= 4 is 5.91 Å². The molecule has 1 atom stereocenters. The standard InChI is InChI=1S/C14H18N2O2/c17-14(16-8-3-6-15-7-9-16)12-10-18-13-5-2-1-4-11(12)13/h1-2,4-5,12,15H,3,6-10H2. The Morgan fingerprint density at radius 2 is 2.17 bits per heavy atom. The highest BCUT2D eigenvalue weighted by Gasteiger charge is 2.33. The van der Waals surface area contributed by atoms with Gasteiger partial charge in [-0.3, -0.25) is 4.79 Å². The number of ether oxygens (including phenoxy) is 1. The van der Waals surface area contributed by atoms with E-state index in [4.69, 9.17) is 4.74 Å². The van der Waals surface area contributed by atoms with Gasteiger partial charge in [-0.25, -0.2) is 0 Å². The average molecular weight is 246 g/mol. The van der Waals surface area contributed by atoms with Crippen molar-refractivity contribution in [3.05, 3.63) is 29.8 Å². The summed E-state index contributed by atoms with van der Waals surface area (Å²) in [6, 6.07) is 7.85. The van der Waals surface area contributed by atoms with Gasteiger partial charge in [0.05, 0.1) is 0 Å². The summed E-state index contributed by atoms with van der Waals surface area (Å²) in [6.45, 7) is 4.03. The molecule has 3 rings (SSSR count). The van der Waals surface area contributed by atoms with E-state index in [0.29, 0.717) is 6.61 Å². The van der Waals surface area contributed by atoms with Gasteiger partial charge in [0.2, 0.25) is 5.91 Å². The molecule has 96 valence electrons. The molecule has 4 heteroatoms. The second-order valence-corrected chi connectivity index (χ2v) is 4.83. The summed E-state index contributed by atoms with van der Waals surface area (Å²) in [5, 5.41) is 3.32. The number of hydrogen-bond donors (Lipinski definition) is 1. The molecular formula is C14H18N2O2. The third-order valence-corrected chi connectivity index (χ3v) is 3.65. The van der Waals surface area contributed by atoms with E-state index in [0.717, 1.165) is 43.9 Å². The molecule has 1 aromatic rings. The minimum absolute atomic E-state index is 0.112. The third kappa shape index (κ3) is 2.08. The summed E-state index contributed by atoms with van der Waals surface area (Å²) in [5.74, 6) is 0.965. The van der Waals surface area contributed by atoms with Crippen LogP contribution in [0.3, 0.4) is 0 Å². The molecule has 1 N–H and O–H groups in total. The number of benzene rings is 1. The highest BCUT2D eigenvalue weighted by molar-refractivity contribution is 5.85. The third-order valence-electron chi connectivity index (χ3n) is 3.65. The zero-order valence-corrected chi connectivity index (χ0v) is 10.4. The Kier molecular flexibility index (Phi) is 3.19. The molecule has 2 aliphatic rings. The van der Waals surface area contributed by atoms with Crippen LogP contribution in [0.1, 0.15) is 17.9 Å². The predicted molar refractivity (Wildman–Crippen MR) is 68.7 cm³/mol. The van der Waals surface area contributed by atoms with Crippen LogP contribution in [0.25, 0.3) is 0 Å². The zero-order chi connectivity index (χ0) is 12.4. The van der Waals surface area contributed by atoms with Gasteiger partial charge >= 0.3 is 0 Å². The largest absolute Gasteiger partial charge is 0.492 e. The second-order valence-electron chi connectivity index (χ2n) is 4.83. The maximum Gasteiger partial charge on any atom is 0.233 e. The summed E-state index contributed by atoms with van der Waals surface area (Å²) in [5.41, 5.74) is 1.04. The van der Waals surface area contributed by atoms with Gasteiger partial charge < -0.3 is 15.0 Å². The van der Waals surface area contributed by atoms with Crippen LogP contribution in [0.4, 0.5) is 0 Å². The van der Waals surface area contributed by atoms with E-state index in [1.165, 1.54) is 0 Å².